The van der Waals surface area contributed by atoms with E-state index in [-0.39, 0.29) is 24.9 Å². The molecule has 4 atom stereocenters. The fraction of sp³-hybridized carbons (Fsp3) is 0.846. The summed E-state index contributed by atoms with van der Waals surface area (Å²) in [5.74, 6) is -0.694. The Labute approximate surface area is 112 Å². The molecule has 3 unspecified atom stereocenters. The summed E-state index contributed by atoms with van der Waals surface area (Å²) >= 11 is 0. The first-order chi connectivity index (χ1) is 9.02. The molecule has 2 aliphatic heterocycles. The minimum atomic E-state index is -1.03. The second-order valence-electron chi connectivity index (χ2n) is 5.54. The minimum Gasteiger partial charge on any atom is -0.480 e. The molecule has 1 amide bonds. The number of carboxylic acid groups (broad SMARTS) is 1. The smallest absolute Gasteiger partial charge is 0.326 e. The number of aliphatic hydroxyl groups is 1. The zero-order valence-corrected chi connectivity index (χ0v) is 11.2. The van der Waals surface area contributed by atoms with Gasteiger partial charge in [0.05, 0.1) is 12.1 Å². The number of amides is 1. The summed E-state index contributed by atoms with van der Waals surface area (Å²) < 4.78 is 0. The molecule has 108 valence electrons. The second-order valence-corrected chi connectivity index (χ2v) is 5.54. The van der Waals surface area contributed by atoms with Gasteiger partial charge in [-0.3, -0.25) is 4.79 Å². The normalized spacial score (nSPS) is 35.4. The van der Waals surface area contributed by atoms with Crippen molar-refractivity contribution in [2.45, 2.75) is 50.8 Å². The molecule has 2 saturated heterocycles. The zero-order chi connectivity index (χ0) is 14.0. The van der Waals surface area contributed by atoms with E-state index in [0.717, 1.165) is 25.8 Å². The standard InChI is InChI=1S/C13H22N2O4/c1-2-8-3-4-14-10(5-8)12(17)15-7-9(16)6-11(15)13(18)19/h8-11,14,16H,2-7H2,1H3,(H,18,19)/t8?,9?,10?,11-/m0/s1. The molecule has 0 aromatic rings. The first-order valence-corrected chi connectivity index (χ1v) is 6.97. The van der Waals surface area contributed by atoms with Crippen molar-refractivity contribution in [3.63, 3.8) is 0 Å². The SMILES string of the molecule is CCC1CCNC(C(=O)N2CC(O)C[C@H]2C(=O)O)C1. The van der Waals surface area contributed by atoms with Crippen molar-refractivity contribution in [2.75, 3.05) is 13.1 Å². The number of hydrogen-bond donors (Lipinski definition) is 3. The van der Waals surface area contributed by atoms with Gasteiger partial charge in [-0.15, -0.1) is 0 Å². The van der Waals surface area contributed by atoms with Gasteiger partial charge in [-0.2, -0.15) is 0 Å². The Morgan fingerprint density at radius 3 is 2.74 bits per heavy atom. The van der Waals surface area contributed by atoms with Crippen LogP contribution in [-0.4, -0.2) is 58.3 Å². The quantitative estimate of drug-likeness (QED) is 0.661. The van der Waals surface area contributed by atoms with E-state index in [2.05, 4.69) is 12.2 Å². The van der Waals surface area contributed by atoms with Crippen molar-refractivity contribution >= 4 is 11.9 Å². The molecule has 2 aliphatic rings. The van der Waals surface area contributed by atoms with Crippen molar-refractivity contribution in [2.24, 2.45) is 5.92 Å². The molecule has 0 aromatic carbocycles. The highest BCUT2D eigenvalue weighted by Crippen LogP contribution is 2.24. The van der Waals surface area contributed by atoms with Crippen LogP contribution in [0.2, 0.25) is 0 Å². The highest BCUT2D eigenvalue weighted by molar-refractivity contribution is 5.87. The summed E-state index contributed by atoms with van der Waals surface area (Å²) in [7, 11) is 0. The molecule has 2 rings (SSSR count). The first kappa shape index (κ1) is 14.3. The maximum Gasteiger partial charge on any atom is 0.326 e. The molecule has 0 aliphatic carbocycles. The number of likely N-dealkylation sites (tertiary alicyclic amines) is 1. The number of carbonyl (C=O) groups is 2. The van der Waals surface area contributed by atoms with Gasteiger partial charge in [0, 0.05) is 13.0 Å². The average molecular weight is 270 g/mol. The first-order valence-electron chi connectivity index (χ1n) is 6.97. The van der Waals surface area contributed by atoms with E-state index in [9.17, 15) is 14.7 Å². The lowest BCUT2D eigenvalue weighted by Crippen LogP contribution is -2.53. The molecule has 19 heavy (non-hydrogen) atoms. The van der Waals surface area contributed by atoms with Crippen LogP contribution in [0.5, 0.6) is 0 Å². The fourth-order valence-electron chi connectivity index (χ4n) is 3.05. The van der Waals surface area contributed by atoms with Gasteiger partial charge >= 0.3 is 5.97 Å². The van der Waals surface area contributed by atoms with E-state index >= 15 is 0 Å². The number of nitrogens with zero attached hydrogens (tertiary/aromatic N) is 1. The van der Waals surface area contributed by atoms with E-state index < -0.39 is 18.1 Å². The van der Waals surface area contributed by atoms with Crippen LogP contribution in [0.4, 0.5) is 0 Å². The van der Waals surface area contributed by atoms with E-state index in [1.807, 2.05) is 0 Å². The largest absolute Gasteiger partial charge is 0.480 e. The van der Waals surface area contributed by atoms with Crippen LogP contribution in [0, 0.1) is 5.92 Å². The lowest BCUT2D eigenvalue weighted by Gasteiger charge is -2.33. The molecular formula is C13H22N2O4. The number of rotatable bonds is 3. The van der Waals surface area contributed by atoms with Crippen LogP contribution >= 0.6 is 0 Å². The topological polar surface area (TPSA) is 89.9 Å². The third-order valence-electron chi connectivity index (χ3n) is 4.23. The van der Waals surface area contributed by atoms with Crippen LogP contribution < -0.4 is 5.32 Å². The minimum absolute atomic E-state index is 0.130. The third kappa shape index (κ3) is 3.06. The fourth-order valence-corrected chi connectivity index (χ4v) is 3.05. The maximum atomic E-state index is 12.4. The number of nitrogens with one attached hydrogen (secondary N) is 1. The summed E-state index contributed by atoms with van der Waals surface area (Å²) in [5, 5.41) is 21.9. The maximum absolute atomic E-state index is 12.4. The monoisotopic (exact) mass is 270 g/mol. The van der Waals surface area contributed by atoms with Crippen molar-refractivity contribution in [1.29, 1.82) is 0 Å². The Kier molecular flexibility index (Phi) is 4.42. The van der Waals surface area contributed by atoms with Gasteiger partial charge in [-0.25, -0.2) is 4.79 Å². The lowest BCUT2D eigenvalue weighted by atomic mass is 9.90. The molecular weight excluding hydrogens is 248 g/mol. The summed E-state index contributed by atoms with van der Waals surface area (Å²) in [4.78, 5) is 24.9. The van der Waals surface area contributed by atoms with E-state index in [1.165, 1.54) is 4.90 Å². The molecule has 0 aromatic heterocycles. The van der Waals surface area contributed by atoms with Gasteiger partial charge in [0.15, 0.2) is 0 Å². The highest BCUT2D eigenvalue weighted by atomic mass is 16.4. The zero-order valence-electron chi connectivity index (χ0n) is 11.2. The van der Waals surface area contributed by atoms with Gasteiger partial charge in [0.25, 0.3) is 0 Å². The van der Waals surface area contributed by atoms with Gasteiger partial charge in [-0.1, -0.05) is 13.3 Å². The number of β-amino-alcohol motifs (C(OH)–C–C–N with tert-alkyl or cyclic N) is 1. The van der Waals surface area contributed by atoms with Crippen molar-refractivity contribution < 1.29 is 19.8 Å². The molecule has 6 heteroatoms. The Morgan fingerprint density at radius 2 is 2.11 bits per heavy atom. The summed E-state index contributed by atoms with van der Waals surface area (Å²) in [5.41, 5.74) is 0. The molecule has 0 radical (unpaired) electrons. The highest BCUT2D eigenvalue weighted by Gasteiger charge is 2.41. The number of hydrogen-bond acceptors (Lipinski definition) is 4. The summed E-state index contributed by atoms with van der Waals surface area (Å²) in [6.07, 6.45) is 2.26. The molecule has 3 N–H and O–H groups in total. The Bertz CT molecular complexity index is 361. The van der Waals surface area contributed by atoms with Crippen LogP contribution in [0.25, 0.3) is 0 Å². The van der Waals surface area contributed by atoms with E-state index in [1.54, 1.807) is 0 Å². The van der Waals surface area contributed by atoms with Gasteiger partial charge in [0.1, 0.15) is 6.04 Å². The number of carbonyl (C=O) groups excluding carboxylic acids is 1. The molecule has 0 spiro atoms. The van der Waals surface area contributed by atoms with Crippen molar-refractivity contribution in [1.82, 2.24) is 10.2 Å². The van der Waals surface area contributed by atoms with Gasteiger partial charge in [0.2, 0.25) is 5.91 Å². The van der Waals surface area contributed by atoms with Gasteiger partial charge in [-0.05, 0) is 25.3 Å². The predicted octanol–water partition coefficient (Wildman–Crippen LogP) is -0.189. The summed E-state index contributed by atoms with van der Waals surface area (Å²) in [6.45, 7) is 3.03. The predicted molar refractivity (Wildman–Crippen MR) is 68.6 cm³/mol. The number of aliphatic hydroxyl groups excluding tert-OH is 1. The molecule has 2 fully saturated rings. The number of piperidine rings is 1. The van der Waals surface area contributed by atoms with Crippen LogP contribution in [0.3, 0.4) is 0 Å². The van der Waals surface area contributed by atoms with Crippen molar-refractivity contribution in [3.05, 3.63) is 0 Å². The molecule has 0 saturated carbocycles. The average Bonchev–Trinajstić information content (AvgIpc) is 2.80. The number of aliphatic carboxylic acids is 1. The Balaban J connectivity index is 2.03. The van der Waals surface area contributed by atoms with Crippen LogP contribution in [0.15, 0.2) is 0 Å². The number of carboxylic acids is 1. The van der Waals surface area contributed by atoms with Crippen LogP contribution in [0.1, 0.15) is 32.6 Å². The molecule has 0 bridgehead atoms. The molecule has 2 heterocycles. The van der Waals surface area contributed by atoms with Gasteiger partial charge < -0.3 is 20.4 Å². The second kappa shape index (κ2) is 5.88. The van der Waals surface area contributed by atoms with E-state index in [4.69, 9.17) is 5.11 Å². The van der Waals surface area contributed by atoms with Crippen LogP contribution in [-0.2, 0) is 9.59 Å². The Hall–Kier alpha value is -1.14. The lowest BCUT2D eigenvalue weighted by molar-refractivity contribution is -0.149. The summed E-state index contributed by atoms with van der Waals surface area (Å²) in [6, 6.07) is -1.18. The Morgan fingerprint density at radius 1 is 1.37 bits per heavy atom. The van der Waals surface area contributed by atoms with Crippen molar-refractivity contribution in [3.8, 4) is 0 Å². The van der Waals surface area contributed by atoms with E-state index in [0.29, 0.717) is 5.92 Å². The third-order valence-corrected chi connectivity index (χ3v) is 4.23. The molecule has 6 nitrogen and oxygen atoms in total.